The lowest BCUT2D eigenvalue weighted by atomic mass is 9.99. The highest BCUT2D eigenvalue weighted by Gasteiger charge is 2.36. The molecule has 1 fully saturated rings. The Hall–Kier alpha value is -3.10. The van der Waals surface area contributed by atoms with Gasteiger partial charge in [0.1, 0.15) is 17.1 Å². The maximum atomic E-state index is 12.6. The first-order valence-electron chi connectivity index (χ1n) is 9.84. The first-order valence-corrected chi connectivity index (χ1v) is 9.84. The van der Waals surface area contributed by atoms with Gasteiger partial charge in [-0.15, -0.1) is 13.2 Å². The summed E-state index contributed by atoms with van der Waals surface area (Å²) in [6.45, 7) is 5.42. The second-order valence-electron chi connectivity index (χ2n) is 8.27. The molecule has 2 aromatic carbocycles. The van der Waals surface area contributed by atoms with E-state index in [2.05, 4.69) is 9.64 Å². The van der Waals surface area contributed by atoms with Crippen molar-refractivity contribution in [1.82, 2.24) is 0 Å². The van der Waals surface area contributed by atoms with E-state index in [-0.39, 0.29) is 17.6 Å². The van der Waals surface area contributed by atoms with Crippen LogP contribution in [0.25, 0.3) is 0 Å². The fraction of sp³-hybridized carbons (Fsp3) is 0.409. The average molecular weight is 436 g/mol. The lowest BCUT2D eigenvalue weighted by Gasteiger charge is -2.42. The predicted octanol–water partition coefficient (Wildman–Crippen LogP) is 4.50. The van der Waals surface area contributed by atoms with Crippen molar-refractivity contribution in [2.45, 2.75) is 25.8 Å². The van der Waals surface area contributed by atoms with Crippen molar-refractivity contribution < 1.29 is 32.2 Å². The lowest BCUT2D eigenvalue weighted by molar-refractivity contribution is -0.274. The first kappa shape index (κ1) is 21.1. The van der Waals surface area contributed by atoms with Gasteiger partial charge in [-0.2, -0.15) is 0 Å². The molecule has 1 saturated heterocycles. The Kier molecular flexibility index (Phi) is 5.15. The van der Waals surface area contributed by atoms with Crippen LogP contribution in [0.15, 0.2) is 42.5 Å². The molecule has 0 unspecified atom stereocenters. The number of carbonyl (C=O) groups excluding carboxylic acids is 1. The SMILES string of the molecule is COC(=O)C1CN(c2cccc(N3CC(C)(C)Oc4cc(OC(F)(F)F)ccc43)c2)C1. The minimum Gasteiger partial charge on any atom is -0.484 e. The fourth-order valence-corrected chi connectivity index (χ4v) is 3.89. The molecule has 2 heterocycles. The molecule has 9 heteroatoms. The standard InChI is InChI=1S/C22H23F3N2O4/c1-21(2)13-27(18-8-7-17(10-19(18)31-21)30-22(23,24)25)16-6-4-5-15(9-16)26-11-14(12-26)20(28)29-3/h4-10,14H,11-13H2,1-3H3. The Morgan fingerprint density at radius 1 is 1.13 bits per heavy atom. The van der Waals surface area contributed by atoms with Crippen LogP contribution < -0.4 is 19.3 Å². The van der Waals surface area contributed by atoms with Crippen LogP contribution in [0.3, 0.4) is 0 Å². The summed E-state index contributed by atoms with van der Waals surface area (Å²) < 4.78 is 52.6. The number of rotatable bonds is 4. The van der Waals surface area contributed by atoms with E-state index in [0.29, 0.717) is 31.1 Å². The molecule has 2 aliphatic rings. The fourth-order valence-electron chi connectivity index (χ4n) is 3.89. The molecule has 2 aliphatic heterocycles. The molecule has 0 atom stereocenters. The maximum Gasteiger partial charge on any atom is 0.573 e. The molecule has 31 heavy (non-hydrogen) atoms. The summed E-state index contributed by atoms with van der Waals surface area (Å²) in [4.78, 5) is 15.7. The molecule has 0 bridgehead atoms. The summed E-state index contributed by atoms with van der Waals surface area (Å²) in [6, 6.07) is 11.9. The van der Waals surface area contributed by atoms with Crippen LogP contribution in [0.2, 0.25) is 0 Å². The van der Waals surface area contributed by atoms with Gasteiger partial charge in [0.15, 0.2) is 0 Å². The van der Waals surface area contributed by atoms with Crippen molar-refractivity contribution in [3.8, 4) is 11.5 Å². The number of esters is 1. The number of hydrogen-bond donors (Lipinski definition) is 0. The van der Waals surface area contributed by atoms with Crippen LogP contribution in [-0.2, 0) is 9.53 Å². The summed E-state index contributed by atoms with van der Waals surface area (Å²) >= 11 is 0. The van der Waals surface area contributed by atoms with E-state index in [1.165, 1.54) is 19.2 Å². The molecular weight excluding hydrogens is 413 g/mol. The summed E-state index contributed by atoms with van der Waals surface area (Å²) in [6.07, 6.45) is -4.77. The average Bonchev–Trinajstić information content (AvgIpc) is 2.64. The van der Waals surface area contributed by atoms with E-state index in [1.807, 2.05) is 43.0 Å². The third-order valence-electron chi connectivity index (χ3n) is 5.30. The summed E-state index contributed by atoms with van der Waals surface area (Å²) in [5.41, 5.74) is 1.86. The van der Waals surface area contributed by atoms with Crippen LogP contribution in [0.5, 0.6) is 11.5 Å². The third kappa shape index (κ3) is 4.50. The molecule has 4 rings (SSSR count). The molecule has 2 aromatic rings. The van der Waals surface area contributed by atoms with Crippen LogP contribution in [0, 0.1) is 5.92 Å². The number of ether oxygens (including phenoxy) is 3. The number of halogens is 3. The minimum absolute atomic E-state index is 0.135. The lowest BCUT2D eigenvalue weighted by Crippen LogP contribution is -2.51. The number of benzene rings is 2. The Bertz CT molecular complexity index is 987. The van der Waals surface area contributed by atoms with Gasteiger partial charge in [-0.05, 0) is 44.2 Å². The number of methoxy groups -OCH3 is 1. The van der Waals surface area contributed by atoms with E-state index < -0.39 is 12.0 Å². The Morgan fingerprint density at radius 3 is 2.52 bits per heavy atom. The maximum absolute atomic E-state index is 12.6. The van der Waals surface area contributed by atoms with E-state index >= 15 is 0 Å². The number of fused-ring (bicyclic) bond motifs is 1. The van der Waals surface area contributed by atoms with Gasteiger partial charge in [-0.3, -0.25) is 4.79 Å². The largest absolute Gasteiger partial charge is 0.573 e. The van der Waals surface area contributed by atoms with Crippen molar-refractivity contribution in [2.24, 2.45) is 5.92 Å². The van der Waals surface area contributed by atoms with E-state index in [1.54, 1.807) is 6.07 Å². The van der Waals surface area contributed by atoms with Crippen LogP contribution >= 0.6 is 0 Å². The highest BCUT2D eigenvalue weighted by Crippen LogP contribution is 2.44. The van der Waals surface area contributed by atoms with Gasteiger partial charge in [0.05, 0.1) is 25.3 Å². The van der Waals surface area contributed by atoms with Crippen molar-refractivity contribution in [3.05, 3.63) is 42.5 Å². The van der Waals surface area contributed by atoms with E-state index in [0.717, 1.165) is 11.4 Å². The molecule has 6 nitrogen and oxygen atoms in total. The monoisotopic (exact) mass is 436 g/mol. The molecule has 0 aromatic heterocycles. The number of anilines is 3. The smallest absolute Gasteiger partial charge is 0.484 e. The molecule has 0 N–H and O–H groups in total. The predicted molar refractivity (Wildman–Crippen MR) is 109 cm³/mol. The van der Waals surface area contributed by atoms with Gasteiger partial charge in [-0.25, -0.2) is 0 Å². The summed E-state index contributed by atoms with van der Waals surface area (Å²) in [5.74, 6) is -0.359. The molecule has 0 saturated carbocycles. The number of carbonyl (C=O) groups is 1. The highest BCUT2D eigenvalue weighted by atomic mass is 19.4. The van der Waals surface area contributed by atoms with E-state index in [4.69, 9.17) is 9.47 Å². The zero-order valence-electron chi connectivity index (χ0n) is 17.4. The van der Waals surface area contributed by atoms with Crippen LogP contribution in [0.4, 0.5) is 30.2 Å². The normalized spacial score (nSPS) is 18.0. The second kappa shape index (κ2) is 7.55. The van der Waals surface area contributed by atoms with Gasteiger partial charge < -0.3 is 24.0 Å². The first-order chi connectivity index (χ1) is 14.5. The van der Waals surface area contributed by atoms with Crippen molar-refractivity contribution >= 4 is 23.0 Å². The Balaban J connectivity index is 1.61. The molecule has 166 valence electrons. The zero-order chi connectivity index (χ0) is 22.4. The summed E-state index contributed by atoms with van der Waals surface area (Å²) in [5, 5.41) is 0. The quantitative estimate of drug-likeness (QED) is 0.658. The second-order valence-corrected chi connectivity index (χ2v) is 8.27. The van der Waals surface area contributed by atoms with Crippen LogP contribution in [-0.4, -0.2) is 44.7 Å². The van der Waals surface area contributed by atoms with Gasteiger partial charge in [0.2, 0.25) is 0 Å². The molecule has 0 aliphatic carbocycles. The van der Waals surface area contributed by atoms with E-state index in [9.17, 15) is 18.0 Å². The number of alkyl halides is 3. The Morgan fingerprint density at radius 2 is 1.84 bits per heavy atom. The summed E-state index contributed by atoms with van der Waals surface area (Å²) in [7, 11) is 1.38. The third-order valence-corrected chi connectivity index (χ3v) is 5.30. The van der Waals surface area contributed by atoms with Crippen molar-refractivity contribution in [3.63, 3.8) is 0 Å². The Labute approximate surface area is 178 Å². The number of nitrogens with zero attached hydrogens (tertiary/aromatic N) is 2. The molecule has 0 amide bonds. The van der Waals surface area contributed by atoms with Crippen LogP contribution in [0.1, 0.15) is 13.8 Å². The number of hydrogen-bond acceptors (Lipinski definition) is 6. The molecule has 0 radical (unpaired) electrons. The molecule has 0 spiro atoms. The topological polar surface area (TPSA) is 51.2 Å². The minimum atomic E-state index is -4.77. The van der Waals surface area contributed by atoms with Gasteiger partial charge in [0.25, 0.3) is 0 Å². The zero-order valence-corrected chi connectivity index (χ0v) is 17.4. The van der Waals surface area contributed by atoms with Gasteiger partial charge >= 0.3 is 12.3 Å². The van der Waals surface area contributed by atoms with Gasteiger partial charge in [0, 0.05) is 30.5 Å². The van der Waals surface area contributed by atoms with Crippen molar-refractivity contribution in [2.75, 3.05) is 36.5 Å². The highest BCUT2D eigenvalue weighted by molar-refractivity contribution is 5.78. The van der Waals surface area contributed by atoms with Gasteiger partial charge in [-0.1, -0.05) is 6.07 Å². The van der Waals surface area contributed by atoms with Crippen molar-refractivity contribution in [1.29, 1.82) is 0 Å². The molecular formula is C22H23F3N2O4.